The molecule has 1 heterocycles. The molecule has 3 rings (SSSR count). The van der Waals surface area contributed by atoms with Crippen LogP contribution in [0.15, 0.2) is 22.7 Å². The first-order valence-electron chi connectivity index (χ1n) is 5.52. The summed E-state index contributed by atoms with van der Waals surface area (Å²) in [5.41, 5.74) is 10.3. The van der Waals surface area contributed by atoms with Crippen LogP contribution >= 0.6 is 15.9 Å². The zero-order valence-corrected chi connectivity index (χ0v) is 10.7. The van der Waals surface area contributed by atoms with Gasteiger partial charge < -0.3 is 5.73 Å². The lowest BCUT2D eigenvalue weighted by Gasteiger charge is -2.08. The first-order valence-corrected chi connectivity index (χ1v) is 6.31. The number of nitrogens with two attached hydrogens (primary N) is 1. The molecule has 1 aliphatic rings. The topological polar surface area (TPSA) is 38.9 Å². The van der Waals surface area contributed by atoms with E-state index in [9.17, 15) is 0 Å². The van der Waals surface area contributed by atoms with Gasteiger partial charge in [-0.2, -0.15) is 0 Å². The number of hydrogen-bond donors (Lipinski definition) is 1. The van der Waals surface area contributed by atoms with Gasteiger partial charge in [0.15, 0.2) is 0 Å². The van der Waals surface area contributed by atoms with Gasteiger partial charge in [-0.15, -0.1) is 0 Å². The van der Waals surface area contributed by atoms with Gasteiger partial charge in [0.1, 0.15) is 0 Å². The Balaban J connectivity index is 2.33. The van der Waals surface area contributed by atoms with Crippen LogP contribution in [0.2, 0.25) is 0 Å². The van der Waals surface area contributed by atoms with Crippen LogP contribution in [0.4, 0.5) is 5.69 Å². The van der Waals surface area contributed by atoms with E-state index < -0.39 is 0 Å². The summed E-state index contributed by atoms with van der Waals surface area (Å²) < 4.78 is 1.07. The van der Waals surface area contributed by atoms with Gasteiger partial charge in [0.25, 0.3) is 0 Å². The molecule has 2 aromatic rings. The summed E-state index contributed by atoms with van der Waals surface area (Å²) >= 11 is 3.60. The number of benzene rings is 1. The number of nitrogens with zero attached hydrogens (tertiary/aromatic N) is 1. The summed E-state index contributed by atoms with van der Waals surface area (Å²) in [5.74, 6) is 0.638. The normalized spacial score (nSPS) is 15.6. The van der Waals surface area contributed by atoms with Crippen LogP contribution in [0, 0.1) is 6.92 Å². The second-order valence-electron chi connectivity index (χ2n) is 4.50. The van der Waals surface area contributed by atoms with Gasteiger partial charge in [0.05, 0.1) is 5.52 Å². The Morgan fingerprint density at radius 2 is 2.12 bits per heavy atom. The maximum absolute atomic E-state index is 6.08. The Morgan fingerprint density at radius 1 is 1.38 bits per heavy atom. The minimum atomic E-state index is 0.638. The molecule has 0 amide bonds. The van der Waals surface area contributed by atoms with Crippen molar-refractivity contribution in [1.29, 1.82) is 0 Å². The van der Waals surface area contributed by atoms with Crippen molar-refractivity contribution in [2.75, 3.05) is 5.73 Å². The minimum Gasteiger partial charge on any atom is -0.398 e. The molecule has 1 saturated carbocycles. The van der Waals surface area contributed by atoms with Gasteiger partial charge >= 0.3 is 0 Å². The van der Waals surface area contributed by atoms with Crippen LogP contribution in [0.5, 0.6) is 0 Å². The fourth-order valence-electron chi connectivity index (χ4n) is 1.99. The van der Waals surface area contributed by atoms with Gasteiger partial charge in [-0.25, -0.2) is 0 Å². The lowest BCUT2D eigenvalue weighted by Crippen LogP contribution is -1.95. The van der Waals surface area contributed by atoms with Gasteiger partial charge in [0, 0.05) is 27.2 Å². The highest BCUT2D eigenvalue weighted by Gasteiger charge is 2.26. The van der Waals surface area contributed by atoms with Crippen LogP contribution in [0.25, 0.3) is 10.9 Å². The Morgan fingerprint density at radius 3 is 2.81 bits per heavy atom. The van der Waals surface area contributed by atoms with Crippen LogP contribution in [0.3, 0.4) is 0 Å². The molecule has 0 radical (unpaired) electrons. The van der Waals surface area contributed by atoms with Crippen LogP contribution in [0.1, 0.15) is 30.0 Å². The number of aryl methyl sites for hydroxylation is 1. The largest absolute Gasteiger partial charge is 0.398 e. The molecule has 0 spiro atoms. The van der Waals surface area contributed by atoms with Gasteiger partial charge in [-0.1, -0.05) is 12.1 Å². The molecule has 1 aliphatic carbocycles. The van der Waals surface area contributed by atoms with Crippen molar-refractivity contribution in [1.82, 2.24) is 4.98 Å². The van der Waals surface area contributed by atoms with E-state index in [1.165, 1.54) is 18.4 Å². The van der Waals surface area contributed by atoms with E-state index in [2.05, 4.69) is 35.0 Å². The molecular formula is C13H13BrN2. The molecule has 1 fully saturated rings. The van der Waals surface area contributed by atoms with Crippen LogP contribution in [-0.4, -0.2) is 4.98 Å². The molecule has 0 bridgehead atoms. The number of pyridine rings is 1. The molecule has 82 valence electrons. The third-order valence-corrected chi connectivity index (χ3v) is 4.16. The molecule has 1 aromatic heterocycles. The van der Waals surface area contributed by atoms with E-state index in [1.807, 2.05) is 6.07 Å². The Kier molecular flexibility index (Phi) is 2.18. The first-order chi connectivity index (χ1) is 7.66. The second kappa shape index (κ2) is 3.45. The molecule has 1 aromatic carbocycles. The highest BCUT2D eigenvalue weighted by Crippen LogP contribution is 2.41. The lowest BCUT2D eigenvalue weighted by atomic mass is 10.1. The van der Waals surface area contributed by atoms with Crippen molar-refractivity contribution in [3.63, 3.8) is 0 Å². The summed E-state index contributed by atoms with van der Waals surface area (Å²) in [4.78, 5) is 4.73. The molecule has 2 N–H and O–H groups in total. The average molecular weight is 277 g/mol. The van der Waals surface area contributed by atoms with E-state index in [-0.39, 0.29) is 0 Å². The highest BCUT2D eigenvalue weighted by molar-refractivity contribution is 9.10. The van der Waals surface area contributed by atoms with Crippen LogP contribution < -0.4 is 5.73 Å². The van der Waals surface area contributed by atoms with Crippen molar-refractivity contribution < 1.29 is 0 Å². The summed E-state index contributed by atoms with van der Waals surface area (Å²) in [7, 11) is 0. The molecule has 0 atom stereocenters. The molecule has 2 nitrogen and oxygen atoms in total. The van der Waals surface area contributed by atoms with Crippen molar-refractivity contribution in [2.45, 2.75) is 25.7 Å². The number of nitrogen functional groups attached to an aromatic ring is 1. The number of fused-ring (bicyclic) bond motifs is 1. The van der Waals surface area contributed by atoms with Crippen molar-refractivity contribution >= 4 is 32.5 Å². The first kappa shape index (κ1) is 10.1. The fourth-order valence-corrected chi connectivity index (χ4v) is 2.43. The second-order valence-corrected chi connectivity index (χ2v) is 5.30. The van der Waals surface area contributed by atoms with E-state index in [0.29, 0.717) is 5.92 Å². The van der Waals surface area contributed by atoms with Crippen molar-refractivity contribution in [2.24, 2.45) is 0 Å². The monoisotopic (exact) mass is 276 g/mol. The molecule has 0 unspecified atom stereocenters. The highest BCUT2D eigenvalue weighted by atomic mass is 79.9. The third-order valence-electron chi connectivity index (χ3n) is 3.16. The third kappa shape index (κ3) is 1.50. The number of halogens is 1. The fraction of sp³-hybridized carbons (Fsp3) is 0.308. The summed E-state index contributed by atoms with van der Waals surface area (Å²) in [6, 6.07) is 6.15. The smallest absolute Gasteiger partial charge is 0.0870 e. The molecule has 0 aliphatic heterocycles. The van der Waals surface area contributed by atoms with Crippen molar-refractivity contribution in [3.05, 3.63) is 33.9 Å². The zero-order valence-electron chi connectivity index (χ0n) is 9.13. The number of anilines is 1. The maximum Gasteiger partial charge on any atom is 0.0870 e. The maximum atomic E-state index is 6.08. The van der Waals surface area contributed by atoms with Crippen molar-refractivity contribution in [3.8, 4) is 0 Å². The molecular weight excluding hydrogens is 264 g/mol. The summed E-state index contributed by atoms with van der Waals surface area (Å²) in [5, 5.41) is 1.04. The predicted molar refractivity (Wildman–Crippen MR) is 70.6 cm³/mol. The van der Waals surface area contributed by atoms with Crippen LogP contribution in [-0.2, 0) is 0 Å². The average Bonchev–Trinajstić information content (AvgIpc) is 3.07. The number of aromatic nitrogens is 1. The Bertz CT molecular complexity index is 574. The Hall–Kier alpha value is -1.09. The molecule has 0 saturated heterocycles. The van der Waals surface area contributed by atoms with E-state index in [0.717, 1.165) is 26.8 Å². The summed E-state index contributed by atoms with van der Waals surface area (Å²) in [6.07, 6.45) is 2.50. The van der Waals surface area contributed by atoms with E-state index in [1.54, 1.807) is 0 Å². The standard InChI is InChI=1S/C13H13BrN2/c1-7-2-5-9-10(15)6-11(8-3-4-8)16-13(9)12(7)14/h2,5-6,8H,3-4H2,1H3,(H2,15,16). The molecule has 3 heteroatoms. The number of hydrogen-bond acceptors (Lipinski definition) is 2. The Labute approximate surface area is 103 Å². The van der Waals surface area contributed by atoms with E-state index in [4.69, 9.17) is 10.7 Å². The predicted octanol–water partition coefficient (Wildman–Crippen LogP) is 3.77. The number of rotatable bonds is 1. The quantitative estimate of drug-likeness (QED) is 0.861. The lowest BCUT2D eigenvalue weighted by molar-refractivity contribution is 1.04. The van der Waals surface area contributed by atoms with E-state index >= 15 is 0 Å². The summed E-state index contributed by atoms with van der Waals surface area (Å²) in [6.45, 7) is 2.07. The molecule has 16 heavy (non-hydrogen) atoms. The van der Waals surface area contributed by atoms with Gasteiger partial charge in [-0.05, 0) is 47.3 Å². The van der Waals surface area contributed by atoms with Gasteiger partial charge in [-0.3, -0.25) is 4.98 Å². The minimum absolute atomic E-state index is 0.638. The SMILES string of the molecule is Cc1ccc2c(N)cc(C3CC3)nc2c1Br. The van der Waals surface area contributed by atoms with Gasteiger partial charge in [0.2, 0.25) is 0 Å². The zero-order chi connectivity index (χ0) is 11.3.